The molecule has 0 heterocycles. The first kappa shape index (κ1) is 20.6. The van der Waals surface area contributed by atoms with Crippen molar-refractivity contribution < 1.29 is 19.0 Å². The van der Waals surface area contributed by atoms with Crippen molar-refractivity contribution in [2.75, 3.05) is 34.4 Å². The summed E-state index contributed by atoms with van der Waals surface area (Å²) in [6.45, 7) is 2.65. The van der Waals surface area contributed by atoms with E-state index in [-0.39, 0.29) is 5.91 Å². The van der Waals surface area contributed by atoms with Gasteiger partial charge in [0.05, 0.1) is 25.8 Å². The summed E-state index contributed by atoms with van der Waals surface area (Å²) in [6.07, 6.45) is 3.76. The third kappa shape index (κ3) is 5.17. The minimum atomic E-state index is -0.135. The highest BCUT2D eigenvalue weighted by Crippen LogP contribution is 2.34. The van der Waals surface area contributed by atoms with Crippen LogP contribution in [0, 0.1) is 0 Å². The molecule has 5 nitrogen and oxygen atoms in total. The molecule has 0 aliphatic carbocycles. The predicted octanol–water partition coefficient (Wildman–Crippen LogP) is 4.54. The van der Waals surface area contributed by atoms with E-state index in [2.05, 4.69) is 0 Å². The molecule has 0 fully saturated rings. The van der Waals surface area contributed by atoms with E-state index in [0.29, 0.717) is 41.0 Å². The van der Waals surface area contributed by atoms with Crippen LogP contribution in [0.4, 0.5) is 0 Å². The molecule has 2 aromatic rings. The van der Waals surface area contributed by atoms with Crippen LogP contribution in [0.1, 0.15) is 22.8 Å². The Labute approximate surface area is 165 Å². The molecule has 0 N–H and O–H groups in total. The number of likely N-dealkylation sites (N-methyl/N-ethyl adjacent to an activating group) is 1. The first-order valence-electron chi connectivity index (χ1n) is 8.53. The molecule has 6 heteroatoms. The Morgan fingerprint density at radius 2 is 1.89 bits per heavy atom. The molecule has 27 heavy (non-hydrogen) atoms. The van der Waals surface area contributed by atoms with Crippen LogP contribution in [0.3, 0.4) is 0 Å². The van der Waals surface area contributed by atoms with Crippen LogP contribution in [0.2, 0.25) is 5.02 Å². The van der Waals surface area contributed by atoms with Crippen LogP contribution >= 0.6 is 11.6 Å². The fourth-order valence-corrected chi connectivity index (χ4v) is 2.79. The van der Waals surface area contributed by atoms with E-state index >= 15 is 0 Å². The van der Waals surface area contributed by atoms with E-state index in [0.717, 1.165) is 5.56 Å². The van der Waals surface area contributed by atoms with Gasteiger partial charge in [0.15, 0.2) is 11.5 Å². The monoisotopic (exact) mass is 389 g/mol. The number of hydrogen-bond donors (Lipinski definition) is 0. The van der Waals surface area contributed by atoms with Gasteiger partial charge in [-0.25, -0.2) is 0 Å². The molecular formula is C21H24ClNO4. The molecule has 0 aromatic heterocycles. The van der Waals surface area contributed by atoms with Crippen molar-refractivity contribution in [3.8, 4) is 17.2 Å². The Balaban J connectivity index is 2.11. The second-order valence-corrected chi connectivity index (χ2v) is 6.21. The molecule has 2 rings (SSSR count). The Morgan fingerprint density at radius 3 is 2.52 bits per heavy atom. The number of benzene rings is 2. The molecule has 0 unspecified atom stereocenters. The lowest BCUT2D eigenvalue weighted by molar-refractivity contribution is 0.0773. The molecule has 0 aliphatic rings. The Hall–Kier alpha value is -2.66. The summed E-state index contributed by atoms with van der Waals surface area (Å²) < 4.78 is 16.4. The molecule has 0 radical (unpaired) electrons. The highest BCUT2D eigenvalue weighted by molar-refractivity contribution is 6.32. The minimum absolute atomic E-state index is 0.135. The summed E-state index contributed by atoms with van der Waals surface area (Å²) in [5.74, 6) is 1.57. The lowest BCUT2D eigenvalue weighted by Crippen LogP contribution is -2.31. The fraction of sp³-hybridized carbons (Fsp3) is 0.286. The van der Waals surface area contributed by atoms with Crippen molar-refractivity contribution in [3.05, 3.63) is 58.6 Å². The van der Waals surface area contributed by atoms with Crippen LogP contribution in [0.25, 0.3) is 6.08 Å². The first-order chi connectivity index (χ1) is 13.0. The normalized spacial score (nSPS) is 10.7. The van der Waals surface area contributed by atoms with Gasteiger partial charge in [0.2, 0.25) is 0 Å². The summed E-state index contributed by atoms with van der Waals surface area (Å²) in [7, 11) is 4.85. The molecule has 0 bridgehead atoms. The van der Waals surface area contributed by atoms with Gasteiger partial charge in [-0.1, -0.05) is 35.9 Å². The molecule has 0 aliphatic heterocycles. The van der Waals surface area contributed by atoms with E-state index in [1.54, 1.807) is 50.4 Å². The standard InChI is InChI=1S/C21H24ClNO4/c1-5-8-15-13-16(14-19(25-3)20(15)26-4)21(24)23(2)11-12-27-18-10-7-6-9-17(18)22/h5-10,13-14H,11-12H2,1-4H3. The van der Waals surface area contributed by atoms with Gasteiger partial charge in [-0.3, -0.25) is 4.79 Å². The number of hydrogen-bond acceptors (Lipinski definition) is 4. The van der Waals surface area contributed by atoms with Gasteiger partial charge < -0.3 is 19.1 Å². The van der Waals surface area contributed by atoms with Crippen molar-refractivity contribution >= 4 is 23.6 Å². The smallest absolute Gasteiger partial charge is 0.253 e. The number of methoxy groups -OCH3 is 2. The van der Waals surface area contributed by atoms with E-state index in [4.69, 9.17) is 25.8 Å². The SMILES string of the molecule is CC=Cc1cc(C(=O)N(C)CCOc2ccccc2Cl)cc(OC)c1OC. The summed E-state index contributed by atoms with van der Waals surface area (Å²) in [5.41, 5.74) is 1.30. The van der Waals surface area contributed by atoms with Crippen LogP contribution in [-0.4, -0.2) is 45.2 Å². The van der Waals surface area contributed by atoms with Gasteiger partial charge in [-0.2, -0.15) is 0 Å². The highest BCUT2D eigenvalue weighted by atomic mass is 35.5. The number of amides is 1. The van der Waals surface area contributed by atoms with Crippen molar-refractivity contribution in [3.63, 3.8) is 0 Å². The minimum Gasteiger partial charge on any atom is -0.493 e. The molecule has 144 valence electrons. The summed E-state index contributed by atoms with van der Waals surface area (Å²) in [6, 6.07) is 10.7. The highest BCUT2D eigenvalue weighted by Gasteiger charge is 2.18. The van der Waals surface area contributed by atoms with Gasteiger partial charge in [0.1, 0.15) is 12.4 Å². The van der Waals surface area contributed by atoms with Gasteiger partial charge in [0.25, 0.3) is 5.91 Å². The van der Waals surface area contributed by atoms with Gasteiger partial charge in [0, 0.05) is 18.2 Å². The summed E-state index contributed by atoms with van der Waals surface area (Å²) in [5, 5.41) is 0.544. The maximum Gasteiger partial charge on any atom is 0.253 e. The average Bonchev–Trinajstić information content (AvgIpc) is 2.68. The number of nitrogens with zero attached hydrogens (tertiary/aromatic N) is 1. The molecular weight excluding hydrogens is 366 g/mol. The predicted molar refractivity (Wildman–Crippen MR) is 108 cm³/mol. The first-order valence-corrected chi connectivity index (χ1v) is 8.91. The number of ether oxygens (including phenoxy) is 3. The van der Waals surface area contributed by atoms with Crippen LogP contribution < -0.4 is 14.2 Å². The van der Waals surface area contributed by atoms with Crippen molar-refractivity contribution in [2.45, 2.75) is 6.92 Å². The number of allylic oxidation sites excluding steroid dienone is 1. The van der Waals surface area contributed by atoms with Crippen LogP contribution in [0.15, 0.2) is 42.5 Å². The van der Waals surface area contributed by atoms with Gasteiger partial charge in [-0.15, -0.1) is 0 Å². The van der Waals surface area contributed by atoms with E-state index in [1.807, 2.05) is 31.2 Å². The van der Waals surface area contributed by atoms with Crippen molar-refractivity contribution in [1.29, 1.82) is 0 Å². The third-order valence-electron chi connectivity index (χ3n) is 3.97. The van der Waals surface area contributed by atoms with Crippen LogP contribution in [-0.2, 0) is 0 Å². The third-order valence-corrected chi connectivity index (χ3v) is 4.28. The average molecular weight is 390 g/mol. The van der Waals surface area contributed by atoms with E-state index < -0.39 is 0 Å². The summed E-state index contributed by atoms with van der Waals surface area (Å²) >= 11 is 6.07. The molecule has 0 atom stereocenters. The Morgan fingerprint density at radius 1 is 1.15 bits per heavy atom. The number of para-hydroxylation sites is 1. The molecule has 0 saturated heterocycles. The molecule has 0 saturated carbocycles. The Bertz CT molecular complexity index is 820. The fourth-order valence-electron chi connectivity index (χ4n) is 2.60. The van der Waals surface area contributed by atoms with E-state index in [9.17, 15) is 4.79 Å². The van der Waals surface area contributed by atoms with Crippen molar-refractivity contribution in [1.82, 2.24) is 4.90 Å². The molecule has 0 spiro atoms. The number of carbonyl (C=O) groups is 1. The zero-order valence-corrected chi connectivity index (χ0v) is 16.7. The van der Waals surface area contributed by atoms with Crippen molar-refractivity contribution in [2.24, 2.45) is 0 Å². The number of carbonyl (C=O) groups excluding carboxylic acids is 1. The zero-order chi connectivity index (χ0) is 19.8. The second-order valence-electron chi connectivity index (χ2n) is 5.81. The zero-order valence-electron chi connectivity index (χ0n) is 16.0. The number of rotatable bonds is 8. The maximum absolute atomic E-state index is 12.8. The molecule has 2 aromatic carbocycles. The van der Waals surface area contributed by atoms with E-state index in [1.165, 1.54) is 0 Å². The van der Waals surface area contributed by atoms with Gasteiger partial charge >= 0.3 is 0 Å². The Kier molecular flexibility index (Phi) is 7.55. The largest absolute Gasteiger partial charge is 0.493 e. The lowest BCUT2D eigenvalue weighted by Gasteiger charge is -2.19. The quantitative estimate of drug-likeness (QED) is 0.665. The van der Waals surface area contributed by atoms with Crippen LogP contribution in [0.5, 0.6) is 17.2 Å². The number of halogens is 1. The maximum atomic E-state index is 12.8. The summed E-state index contributed by atoms with van der Waals surface area (Å²) in [4.78, 5) is 14.4. The lowest BCUT2D eigenvalue weighted by atomic mass is 10.1. The van der Waals surface area contributed by atoms with Gasteiger partial charge in [-0.05, 0) is 31.2 Å². The second kappa shape index (κ2) is 9.88. The molecule has 1 amide bonds. The topological polar surface area (TPSA) is 48.0 Å².